The Morgan fingerprint density at radius 1 is 1.03 bits per heavy atom. The first-order chi connectivity index (χ1) is 14.1. The molecule has 1 aliphatic heterocycles. The SMILES string of the molecule is CCCN(CCC)C(=O)c1cccc(C(=O)NCC2NCCc3ccccc32)c1. The number of amides is 2. The molecule has 5 heteroatoms. The van der Waals surface area contributed by atoms with Crippen LogP contribution in [0.15, 0.2) is 48.5 Å². The predicted molar refractivity (Wildman–Crippen MR) is 116 cm³/mol. The van der Waals surface area contributed by atoms with Crippen LogP contribution in [0.3, 0.4) is 0 Å². The zero-order valence-electron chi connectivity index (χ0n) is 17.4. The smallest absolute Gasteiger partial charge is 0.253 e. The van der Waals surface area contributed by atoms with Crippen LogP contribution < -0.4 is 10.6 Å². The molecule has 0 aliphatic carbocycles. The normalized spacial score (nSPS) is 15.4. The molecule has 154 valence electrons. The molecule has 0 saturated carbocycles. The second-order valence-electron chi connectivity index (χ2n) is 7.54. The summed E-state index contributed by atoms with van der Waals surface area (Å²) in [6, 6.07) is 15.5. The highest BCUT2D eigenvalue weighted by atomic mass is 16.2. The molecule has 2 aromatic rings. The standard InChI is InChI=1S/C24H31N3O2/c1-3-14-27(15-4-2)24(29)20-10-7-9-19(16-20)23(28)26-17-22-21-11-6-5-8-18(21)12-13-25-22/h5-11,16,22,25H,3-4,12-15,17H2,1-2H3,(H,26,28). The first-order valence-electron chi connectivity index (χ1n) is 10.6. The van der Waals surface area contributed by atoms with E-state index in [9.17, 15) is 9.59 Å². The van der Waals surface area contributed by atoms with Crippen molar-refractivity contribution < 1.29 is 9.59 Å². The third kappa shape index (κ3) is 5.24. The van der Waals surface area contributed by atoms with Crippen molar-refractivity contribution in [2.24, 2.45) is 0 Å². The lowest BCUT2D eigenvalue weighted by Gasteiger charge is -2.27. The molecular formula is C24H31N3O2. The van der Waals surface area contributed by atoms with E-state index in [1.54, 1.807) is 24.3 Å². The van der Waals surface area contributed by atoms with E-state index in [0.717, 1.165) is 38.9 Å². The third-order valence-electron chi connectivity index (χ3n) is 5.33. The van der Waals surface area contributed by atoms with Crippen molar-refractivity contribution in [1.82, 2.24) is 15.5 Å². The van der Waals surface area contributed by atoms with Crippen LogP contribution in [0.1, 0.15) is 64.6 Å². The zero-order valence-corrected chi connectivity index (χ0v) is 17.4. The van der Waals surface area contributed by atoms with Gasteiger partial charge in [-0.3, -0.25) is 9.59 Å². The number of hydrogen-bond acceptors (Lipinski definition) is 3. The van der Waals surface area contributed by atoms with Crippen LogP contribution in [-0.2, 0) is 6.42 Å². The molecule has 1 heterocycles. The topological polar surface area (TPSA) is 61.4 Å². The Balaban J connectivity index is 1.66. The van der Waals surface area contributed by atoms with Crippen molar-refractivity contribution in [3.63, 3.8) is 0 Å². The molecule has 0 fully saturated rings. The summed E-state index contributed by atoms with van der Waals surface area (Å²) in [6.45, 7) is 7.03. The molecule has 3 rings (SSSR count). The molecule has 2 amide bonds. The average Bonchev–Trinajstić information content (AvgIpc) is 2.77. The highest BCUT2D eigenvalue weighted by Gasteiger charge is 2.20. The Labute approximate surface area is 173 Å². The Morgan fingerprint density at radius 2 is 1.76 bits per heavy atom. The Hall–Kier alpha value is -2.66. The van der Waals surface area contributed by atoms with E-state index in [2.05, 4.69) is 42.7 Å². The minimum Gasteiger partial charge on any atom is -0.350 e. The quantitative estimate of drug-likeness (QED) is 0.721. The van der Waals surface area contributed by atoms with Gasteiger partial charge in [0.1, 0.15) is 0 Å². The summed E-state index contributed by atoms with van der Waals surface area (Å²) in [6.07, 6.45) is 2.85. The van der Waals surface area contributed by atoms with Crippen LogP contribution in [0.5, 0.6) is 0 Å². The van der Waals surface area contributed by atoms with Crippen LogP contribution in [0.4, 0.5) is 0 Å². The van der Waals surface area contributed by atoms with Crippen LogP contribution >= 0.6 is 0 Å². The molecular weight excluding hydrogens is 362 g/mol. The molecule has 0 bridgehead atoms. The summed E-state index contributed by atoms with van der Waals surface area (Å²) in [4.78, 5) is 27.4. The largest absolute Gasteiger partial charge is 0.350 e. The van der Waals surface area contributed by atoms with E-state index < -0.39 is 0 Å². The minimum atomic E-state index is -0.151. The first-order valence-corrected chi connectivity index (χ1v) is 10.6. The molecule has 2 aromatic carbocycles. The van der Waals surface area contributed by atoms with Gasteiger partial charge in [0.05, 0.1) is 0 Å². The zero-order chi connectivity index (χ0) is 20.6. The highest BCUT2D eigenvalue weighted by Crippen LogP contribution is 2.22. The summed E-state index contributed by atoms with van der Waals surface area (Å²) < 4.78 is 0. The summed E-state index contributed by atoms with van der Waals surface area (Å²) in [5, 5.41) is 6.51. The number of carbonyl (C=O) groups is 2. The Morgan fingerprint density at radius 3 is 2.52 bits per heavy atom. The fourth-order valence-corrected chi connectivity index (χ4v) is 3.90. The van der Waals surface area contributed by atoms with E-state index in [4.69, 9.17) is 0 Å². The van der Waals surface area contributed by atoms with Gasteiger partial charge in [0.25, 0.3) is 11.8 Å². The molecule has 2 N–H and O–H groups in total. The summed E-state index contributed by atoms with van der Waals surface area (Å²) in [5.41, 5.74) is 3.68. The molecule has 1 atom stereocenters. The maximum atomic E-state index is 12.8. The second-order valence-corrected chi connectivity index (χ2v) is 7.54. The number of carbonyl (C=O) groups excluding carboxylic acids is 2. The third-order valence-corrected chi connectivity index (χ3v) is 5.33. The van der Waals surface area contributed by atoms with Gasteiger partial charge in [-0.1, -0.05) is 44.2 Å². The van der Waals surface area contributed by atoms with Gasteiger partial charge in [-0.05, 0) is 55.1 Å². The number of nitrogens with zero attached hydrogens (tertiary/aromatic N) is 1. The molecule has 5 nitrogen and oxygen atoms in total. The van der Waals surface area contributed by atoms with Gasteiger partial charge in [0.15, 0.2) is 0 Å². The van der Waals surface area contributed by atoms with Gasteiger partial charge < -0.3 is 15.5 Å². The van der Waals surface area contributed by atoms with Crippen molar-refractivity contribution in [2.75, 3.05) is 26.2 Å². The van der Waals surface area contributed by atoms with Crippen LogP contribution in [0.2, 0.25) is 0 Å². The summed E-state index contributed by atoms with van der Waals surface area (Å²) >= 11 is 0. The summed E-state index contributed by atoms with van der Waals surface area (Å²) in [5.74, 6) is -0.159. The van der Waals surface area contributed by atoms with E-state index in [-0.39, 0.29) is 17.9 Å². The maximum absolute atomic E-state index is 12.8. The summed E-state index contributed by atoms with van der Waals surface area (Å²) in [7, 11) is 0. The van der Waals surface area contributed by atoms with E-state index in [0.29, 0.717) is 17.7 Å². The first kappa shape index (κ1) is 21.1. The Kier molecular flexibility index (Phi) is 7.42. The number of hydrogen-bond donors (Lipinski definition) is 2. The molecule has 0 radical (unpaired) electrons. The lowest BCUT2D eigenvalue weighted by Crippen LogP contribution is -2.39. The van der Waals surface area contributed by atoms with E-state index >= 15 is 0 Å². The monoisotopic (exact) mass is 393 g/mol. The van der Waals surface area contributed by atoms with Crippen molar-refractivity contribution in [2.45, 2.75) is 39.2 Å². The van der Waals surface area contributed by atoms with Gasteiger partial charge in [0.2, 0.25) is 0 Å². The van der Waals surface area contributed by atoms with Crippen molar-refractivity contribution in [3.05, 3.63) is 70.8 Å². The number of fused-ring (bicyclic) bond motifs is 1. The van der Waals surface area contributed by atoms with E-state index in [1.165, 1.54) is 11.1 Å². The van der Waals surface area contributed by atoms with Gasteiger partial charge >= 0.3 is 0 Å². The number of benzene rings is 2. The number of nitrogens with one attached hydrogen (secondary N) is 2. The van der Waals surface area contributed by atoms with Crippen molar-refractivity contribution in [3.8, 4) is 0 Å². The van der Waals surface area contributed by atoms with Gasteiger partial charge in [-0.25, -0.2) is 0 Å². The van der Waals surface area contributed by atoms with E-state index in [1.807, 2.05) is 11.0 Å². The minimum absolute atomic E-state index is 0.00813. The molecule has 0 saturated heterocycles. The fourth-order valence-electron chi connectivity index (χ4n) is 3.90. The van der Waals surface area contributed by atoms with Gasteiger partial charge in [-0.2, -0.15) is 0 Å². The van der Waals surface area contributed by atoms with Crippen LogP contribution in [0.25, 0.3) is 0 Å². The predicted octanol–water partition coefficient (Wildman–Crippen LogP) is 3.57. The number of rotatable bonds is 8. The lowest BCUT2D eigenvalue weighted by molar-refractivity contribution is 0.0755. The van der Waals surface area contributed by atoms with Crippen LogP contribution in [0, 0.1) is 0 Å². The second kappa shape index (κ2) is 10.2. The molecule has 29 heavy (non-hydrogen) atoms. The molecule has 0 aromatic heterocycles. The average molecular weight is 394 g/mol. The van der Waals surface area contributed by atoms with Gasteiger partial charge in [0, 0.05) is 36.8 Å². The lowest BCUT2D eigenvalue weighted by atomic mass is 9.94. The Bertz CT molecular complexity index is 844. The molecule has 1 aliphatic rings. The maximum Gasteiger partial charge on any atom is 0.253 e. The molecule has 1 unspecified atom stereocenters. The fraction of sp³-hybridized carbons (Fsp3) is 0.417. The molecule has 0 spiro atoms. The highest BCUT2D eigenvalue weighted by molar-refractivity contribution is 5.99. The van der Waals surface area contributed by atoms with Crippen molar-refractivity contribution in [1.29, 1.82) is 0 Å². The van der Waals surface area contributed by atoms with Crippen LogP contribution in [-0.4, -0.2) is 42.9 Å². The van der Waals surface area contributed by atoms with Crippen molar-refractivity contribution >= 4 is 11.8 Å². The van der Waals surface area contributed by atoms with Gasteiger partial charge in [-0.15, -0.1) is 0 Å².